The Morgan fingerprint density at radius 2 is 2.35 bits per heavy atom. The van der Waals surface area contributed by atoms with Gasteiger partial charge in [0.15, 0.2) is 0 Å². The number of fused-ring (bicyclic) bond motifs is 1. The lowest BCUT2D eigenvalue weighted by molar-refractivity contribution is -0.120. The molecule has 2 aromatic rings. The molecule has 6 heteroatoms. The van der Waals surface area contributed by atoms with Crippen LogP contribution in [0.3, 0.4) is 0 Å². The van der Waals surface area contributed by atoms with Crippen LogP contribution in [0.2, 0.25) is 0 Å². The molecule has 0 atom stereocenters. The number of carbonyl (C=O) groups excluding carboxylic acids is 1. The molecule has 0 fully saturated rings. The van der Waals surface area contributed by atoms with Crippen molar-refractivity contribution in [2.45, 2.75) is 19.9 Å². The molecule has 5 nitrogen and oxygen atoms in total. The third-order valence-corrected chi connectivity index (χ3v) is 3.66. The maximum Gasteiger partial charge on any atom is 0.271 e. The molecular weight excluding hydrogens is 238 g/mol. The monoisotopic (exact) mass is 251 g/mol. The predicted molar refractivity (Wildman–Crippen MR) is 67.3 cm³/mol. The smallest absolute Gasteiger partial charge is 0.271 e. The van der Waals surface area contributed by atoms with Gasteiger partial charge in [0.25, 0.3) is 5.56 Å². The van der Waals surface area contributed by atoms with Gasteiger partial charge in [0.05, 0.1) is 11.8 Å². The summed E-state index contributed by atoms with van der Waals surface area (Å²) >= 11 is 1.40. The van der Waals surface area contributed by atoms with Crippen molar-refractivity contribution in [2.75, 3.05) is 7.05 Å². The minimum Gasteiger partial charge on any atom is -0.359 e. The van der Waals surface area contributed by atoms with Crippen LogP contribution >= 0.6 is 11.3 Å². The Morgan fingerprint density at radius 1 is 1.59 bits per heavy atom. The number of amides is 1. The Labute approximate surface area is 102 Å². The van der Waals surface area contributed by atoms with E-state index in [1.165, 1.54) is 22.2 Å². The highest BCUT2D eigenvalue weighted by Crippen LogP contribution is 2.19. The third kappa shape index (κ3) is 2.21. The van der Waals surface area contributed by atoms with Crippen LogP contribution in [0, 0.1) is 6.92 Å². The molecule has 1 amide bonds. The van der Waals surface area contributed by atoms with E-state index in [9.17, 15) is 9.59 Å². The minimum absolute atomic E-state index is 0.0722. The topological polar surface area (TPSA) is 64.0 Å². The first kappa shape index (κ1) is 11.8. The van der Waals surface area contributed by atoms with Crippen LogP contribution in [0.5, 0.6) is 0 Å². The van der Waals surface area contributed by atoms with Gasteiger partial charge in [-0.15, -0.1) is 11.3 Å². The maximum absolute atomic E-state index is 12.0. The van der Waals surface area contributed by atoms with Crippen molar-refractivity contribution in [3.05, 3.63) is 27.6 Å². The van der Waals surface area contributed by atoms with Gasteiger partial charge in [0.1, 0.15) is 4.70 Å². The maximum atomic E-state index is 12.0. The van der Waals surface area contributed by atoms with E-state index in [2.05, 4.69) is 10.3 Å². The van der Waals surface area contributed by atoms with Gasteiger partial charge in [-0.25, -0.2) is 4.98 Å². The molecule has 0 aliphatic carbocycles. The lowest BCUT2D eigenvalue weighted by Gasteiger charge is -2.04. The first-order valence-corrected chi connectivity index (χ1v) is 6.15. The SMILES string of the molecule is CNC(=O)CCn1cnc2c(C)csc2c1=O. The fraction of sp³-hybridized carbons (Fsp3) is 0.364. The highest BCUT2D eigenvalue weighted by atomic mass is 32.1. The van der Waals surface area contributed by atoms with E-state index in [0.29, 0.717) is 11.2 Å². The second-order valence-electron chi connectivity index (χ2n) is 3.76. The number of nitrogens with zero attached hydrogens (tertiary/aromatic N) is 2. The number of hydrogen-bond acceptors (Lipinski definition) is 4. The van der Waals surface area contributed by atoms with Gasteiger partial charge in [0, 0.05) is 20.0 Å². The molecule has 2 rings (SSSR count). The van der Waals surface area contributed by atoms with Crippen molar-refractivity contribution in [3.8, 4) is 0 Å². The van der Waals surface area contributed by atoms with Gasteiger partial charge >= 0.3 is 0 Å². The second-order valence-corrected chi connectivity index (χ2v) is 4.64. The number of hydrogen-bond donors (Lipinski definition) is 1. The zero-order valence-electron chi connectivity index (χ0n) is 9.69. The fourth-order valence-corrected chi connectivity index (χ4v) is 2.52. The van der Waals surface area contributed by atoms with Crippen LogP contribution in [-0.4, -0.2) is 22.5 Å². The van der Waals surface area contributed by atoms with E-state index < -0.39 is 0 Å². The summed E-state index contributed by atoms with van der Waals surface area (Å²) in [5.41, 5.74) is 1.70. The average Bonchev–Trinajstić information content (AvgIpc) is 2.71. The van der Waals surface area contributed by atoms with Crippen molar-refractivity contribution in [1.29, 1.82) is 0 Å². The molecule has 0 bridgehead atoms. The number of rotatable bonds is 3. The third-order valence-electron chi connectivity index (χ3n) is 2.58. The van der Waals surface area contributed by atoms with E-state index in [1.54, 1.807) is 7.05 Å². The van der Waals surface area contributed by atoms with Crippen molar-refractivity contribution in [3.63, 3.8) is 0 Å². The summed E-state index contributed by atoms with van der Waals surface area (Å²) in [4.78, 5) is 27.4. The zero-order valence-corrected chi connectivity index (χ0v) is 10.5. The van der Waals surface area contributed by atoms with Gasteiger partial charge in [-0.05, 0) is 17.9 Å². The number of thiophene rings is 1. The van der Waals surface area contributed by atoms with E-state index in [1.807, 2.05) is 12.3 Å². The molecule has 0 unspecified atom stereocenters. The molecule has 0 spiro atoms. The molecule has 0 radical (unpaired) electrons. The molecule has 0 aliphatic rings. The standard InChI is InChI=1S/C11H13N3O2S/c1-7-5-17-10-9(7)13-6-14(11(10)16)4-3-8(15)12-2/h5-6H,3-4H2,1-2H3,(H,12,15). The second kappa shape index (κ2) is 4.67. The molecule has 0 aromatic carbocycles. The highest BCUT2D eigenvalue weighted by Gasteiger charge is 2.08. The Bertz CT molecular complexity index is 615. The Balaban J connectivity index is 2.33. The molecule has 90 valence electrons. The van der Waals surface area contributed by atoms with Gasteiger partial charge < -0.3 is 5.32 Å². The van der Waals surface area contributed by atoms with Crippen LogP contribution in [-0.2, 0) is 11.3 Å². The normalized spacial score (nSPS) is 10.7. The van der Waals surface area contributed by atoms with E-state index in [-0.39, 0.29) is 17.9 Å². The Kier molecular flexibility index (Phi) is 3.23. The first-order chi connectivity index (χ1) is 8.13. The zero-order chi connectivity index (χ0) is 12.4. The van der Waals surface area contributed by atoms with Crippen LogP contribution in [0.4, 0.5) is 0 Å². The number of nitrogens with one attached hydrogen (secondary N) is 1. The molecule has 17 heavy (non-hydrogen) atoms. The van der Waals surface area contributed by atoms with Crippen molar-refractivity contribution in [1.82, 2.24) is 14.9 Å². The summed E-state index contributed by atoms with van der Waals surface area (Å²) in [6, 6.07) is 0. The van der Waals surface area contributed by atoms with Gasteiger partial charge in [0.2, 0.25) is 5.91 Å². The van der Waals surface area contributed by atoms with Crippen LogP contribution < -0.4 is 10.9 Å². The first-order valence-electron chi connectivity index (χ1n) is 5.27. The summed E-state index contributed by atoms with van der Waals surface area (Å²) < 4.78 is 2.13. The number of carbonyl (C=O) groups is 1. The van der Waals surface area contributed by atoms with Gasteiger partial charge in [-0.1, -0.05) is 0 Å². The predicted octanol–water partition coefficient (Wildman–Crippen LogP) is 0.903. The van der Waals surface area contributed by atoms with Crippen LogP contribution in [0.15, 0.2) is 16.5 Å². The molecule has 1 N–H and O–H groups in total. The van der Waals surface area contributed by atoms with E-state index in [0.717, 1.165) is 11.1 Å². The summed E-state index contributed by atoms with van der Waals surface area (Å²) in [5.74, 6) is -0.0839. The summed E-state index contributed by atoms with van der Waals surface area (Å²) in [6.45, 7) is 2.29. The summed E-state index contributed by atoms with van der Waals surface area (Å²) in [6.07, 6.45) is 1.79. The van der Waals surface area contributed by atoms with Crippen molar-refractivity contribution < 1.29 is 4.79 Å². The largest absolute Gasteiger partial charge is 0.359 e. The molecule has 0 saturated heterocycles. The average molecular weight is 251 g/mol. The molecular formula is C11H13N3O2S. The lowest BCUT2D eigenvalue weighted by atomic mass is 10.3. The van der Waals surface area contributed by atoms with E-state index >= 15 is 0 Å². The van der Waals surface area contributed by atoms with Gasteiger partial charge in [-0.2, -0.15) is 0 Å². The van der Waals surface area contributed by atoms with E-state index in [4.69, 9.17) is 0 Å². The van der Waals surface area contributed by atoms with Crippen molar-refractivity contribution in [2.24, 2.45) is 0 Å². The lowest BCUT2D eigenvalue weighted by Crippen LogP contribution is -2.25. The van der Waals surface area contributed by atoms with Crippen LogP contribution in [0.25, 0.3) is 10.2 Å². The Morgan fingerprint density at radius 3 is 3.06 bits per heavy atom. The molecule has 2 heterocycles. The summed E-state index contributed by atoms with van der Waals surface area (Å²) in [5, 5.41) is 4.44. The van der Waals surface area contributed by atoms with Crippen LogP contribution in [0.1, 0.15) is 12.0 Å². The molecule has 0 aliphatic heterocycles. The number of aryl methyl sites for hydroxylation is 2. The van der Waals surface area contributed by atoms with Gasteiger partial charge in [-0.3, -0.25) is 14.2 Å². The fourth-order valence-electron chi connectivity index (χ4n) is 1.57. The highest BCUT2D eigenvalue weighted by molar-refractivity contribution is 7.17. The molecule has 0 saturated carbocycles. The molecule has 2 aromatic heterocycles. The number of aromatic nitrogens is 2. The van der Waals surface area contributed by atoms with Crippen molar-refractivity contribution >= 4 is 27.5 Å². The minimum atomic E-state index is -0.0839. The Hall–Kier alpha value is -1.69. The quantitative estimate of drug-likeness (QED) is 0.881. The summed E-state index contributed by atoms with van der Waals surface area (Å²) in [7, 11) is 1.58.